The maximum atomic E-state index is 12.2. The van der Waals surface area contributed by atoms with Gasteiger partial charge in [0.2, 0.25) is 5.91 Å². The molecule has 0 spiro atoms. The summed E-state index contributed by atoms with van der Waals surface area (Å²) in [4.78, 5) is 26.1. The van der Waals surface area contributed by atoms with E-state index in [0.29, 0.717) is 5.56 Å². The third-order valence-corrected chi connectivity index (χ3v) is 3.34. The number of benzene rings is 1. The van der Waals surface area contributed by atoms with Crippen LogP contribution >= 0.6 is 0 Å². The van der Waals surface area contributed by atoms with E-state index >= 15 is 0 Å². The molecule has 0 atom stereocenters. The summed E-state index contributed by atoms with van der Waals surface area (Å²) in [5.74, 6) is 0.0845. The van der Waals surface area contributed by atoms with Gasteiger partial charge in [0.25, 0.3) is 0 Å². The van der Waals surface area contributed by atoms with Gasteiger partial charge in [0.05, 0.1) is 0 Å². The van der Waals surface area contributed by atoms with Crippen molar-refractivity contribution in [3.05, 3.63) is 35.4 Å². The number of rotatable bonds is 6. The van der Waals surface area contributed by atoms with Crippen molar-refractivity contribution in [2.75, 3.05) is 0 Å². The predicted octanol–water partition coefficient (Wildman–Crippen LogP) is 3.60. The van der Waals surface area contributed by atoms with Crippen molar-refractivity contribution in [3.8, 4) is 0 Å². The van der Waals surface area contributed by atoms with E-state index in [9.17, 15) is 9.59 Å². The summed E-state index contributed by atoms with van der Waals surface area (Å²) < 4.78 is 0. The van der Waals surface area contributed by atoms with Crippen molar-refractivity contribution in [1.29, 1.82) is 0 Å². The second-order valence-corrected chi connectivity index (χ2v) is 5.78. The molecule has 3 heteroatoms. The van der Waals surface area contributed by atoms with Gasteiger partial charge in [-0.05, 0) is 34.6 Å². The number of amides is 1. The molecule has 110 valence electrons. The van der Waals surface area contributed by atoms with Crippen LogP contribution in [0.3, 0.4) is 0 Å². The first-order valence-corrected chi connectivity index (χ1v) is 7.24. The molecule has 0 aromatic heterocycles. The molecule has 0 aliphatic carbocycles. The maximum absolute atomic E-state index is 12.2. The summed E-state index contributed by atoms with van der Waals surface area (Å²) in [7, 11) is 0. The van der Waals surface area contributed by atoms with E-state index in [1.165, 1.54) is 0 Å². The second-order valence-electron chi connectivity index (χ2n) is 5.78. The fourth-order valence-electron chi connectivity index (χ4n) is 2.41. The van der Waals surface area contributed by atoms with Gasteiger partial charge in [-0.15, -0.1) is 0 Å². The highest BCUT2D eigenvalue weighted by Crippen LogP contribution is 2.12. The third kappa shape index (κ3) is 4.48. The number of aryl methyl sites for hydroxylation is 1. The Morgan fingerprint density at radius 3 is 1.90 bits per heavy atom. The molecule has 0 fully saturated rings. The normalized spacial score (nSPS) is 10.9. The number of carbonyl (C=O) groups is 2. The molecule has 1 aromatic carbocycles. The van der Waals surface area contributed by atoms with Crippen molar-refractivity contribution in [2.45, 2.75) is 59.5 Å². The van der Waals surface area contributed by atoms with E-state index in [2.05, 4.69) is 0 Å². The van der Waals surface area contributed by atoms with Crippen molar-refractivity contribution < 1.29 is 9.59 Å². The van der Waals surface area contributed by atoms with Crippen LogP contribution in [0.15, 0.2) is 24.3 Å². The molecule has 0 aliphatic heterocycles. The smallest absolute Gasteiger partial charge is 0.223 e. The van der Waals surface area contributed by atoms with Gasteiger partial charge in [0, 0.05) is 30.5 Å². The van der Waals surface area contributed by atoms with Crippen LogP contribution in [0.1, 0.15) is 56.5 Å². The molecule has 1 aromatic rings. The highest BCUT2D eigenvalue weighted by Gasteiger charge is 2.20. The molecule has 0 saturated carbocycles. The lowest BCUT2D eigenvalue weighted by Crippen LogP contribution is -2.42. The minimum atomic E-state index is 0.0332. The molecule has 0 radical (unpaired) electrons. The molecule has 0 N–H and O–H groups in total. The first-order valence-electron chi connectivity index (χ1n) is 7.24. The summed E-state index contributed by atoms with van der Waals surface area (Å²) >= 11 is 0. The van der Waals surface area contributed by atoms with Crippen LogP contribution < -0.4 is 0 Å². The number of carbonyl (C=O) groups excluding carboxylic acids is 2. The zero-order valence-corrected chi connectivity index (χ0v) is 13.1. The zero-order valence-electron chi connectivity index (χ0n) is 13.1. The van der Waals surface area contributed by atoms with Crippen molar-refractivity contribution in [2.24, 2.45) is 0 Å². The van der Waals surface area contributed by atoms with E-state index in [-0.39, 0.29) is 36.6 Å². The van der Waals surface area contributed by atoms with E-state index in [0.717, 1.165) is 5.56 Å². The summed E-state index contributed by atoms with van der Waals surface area (Å²) in [6, 6.07) is 7.82. The average Bonchev–Trinajstić information content (AvgIpc) is 2.36. The molecule has 0 saturated heterocycles. The monoisotopic (exact) mass is 275 g/mol. The van der Waals surface area contributed by atoms with Gasteiger partial charge in [0.15, 0.2) is 5.78 Å². The summed E-state index contributed by atoms with van der Waals surface area (Å²) in [5.41, 5.74) is 1.81. The standard InChI is InChI=1S/C17H25NO2/c1-12(2)18(13(3)4)17(20)11-10-16(19)15-8-6-14(5)7-9-15/h6-9,12-13H,10-11H2,1-5H3. The van der Waals surface area contributed by atoms with Crippen LogP contribution in [-0.4, -0.2) is 28.7 Å². The fourth-order valence-corrected chi connectivity index (χ4v) is 2.41. The molecule has 3 nitrogen and oxygen atoms in total. The first kappa shape index (κ1) is 16.4. The van der Waals surface area contributed by atoms with Crippen molar-refractivity contribution >= 4 is 11.7 Å². The van der Waals surface area contributed by atoms with Gasteiger partial charge in [-0.1, -0.05) is 29.8 Å². The van der Waals surface area contributed by atoms with Gasteiger partial charge >= 0.3 is 0 Å². The Balaban J connectivity index is 2.60. The minimum absolute atomic E-state index is 0.0332. The quantitative estimate of drug-likeness (QED) is 0.744. The van der Waals surface area contributed by atoms with E-state index in [4.69, 9.17) is 0 Å². The largest absolute Gasteiger partial charge is 0.338 e. The van der Waals surface area contributed by atoms with Crippen LogP contribution in [-0.2, 0) is 4.79 Å². The highest BCUT2D eigenvalue weighted by molar-refractivity contribution is 5.98. The molecule has 0 heterocycles. The average molecular weight is 275 g/mol. The molecule has 20 heavy (non-hydrogen) atoms. The fraction of sp³-hybridized carbons (Fsp3) is 0.529. The van der Waals surface area contributed by atoms with Gasteiger partial charge < -0.3 is 4.90 Å². The lowest BCUT2D eigenvalue weighted by atomic mass is 10.0. The van der Waals surface area contributed by atoms with E-state index in [1.807, 2.05) is 63.8 Å². The Morgan fingerprint density at radius 1 is 0.950 bits per heavy atom. The highest BCUT2D eigenvalue weighted by atomic mass is 16.2. The second kappa shape index (κ2) is 7.22. The van der Waals surface area contributed by atoms with Crippen LogP contribution in [0.2, 0.25) is 0 Å². The molecular weight excluding hydrogens is 250 g/mol. The molecule has 1 rings (SSSR count). The van der Waals surface area contributed by atoms with Gasteiger partial charge in [-0.3, -0.25) is 9.59 Å². The van der Waals surface area contributed by atoms with Gasteiger partial charge in [-0.2, -0.15) is 0 Å². The van der Waals surface area contributed by atoms with Crippen molar-refractivity contribution in [3.63, 3.8) is 0 Å². The van der Waals surface area contributed by atoms with Crippen molar-refractivity contribution in [1.82, 2.24) is 4.90 Å². The Bertz CT molecular complexity index is 452. The predicted molar refractivity (Wildman–Crippen MR) is 81.9 cm³/mol. The number of ketones is 1. The van der Waals surface area contributed by atoms with Crippen LogP contribution in [0, 0.1) is 6.92 Å². The first-order chi connectivity index (χ1) is 9.32. The minimum Gasteiger partial charge on any atom is -0.338 e. The zero-order chi connectivity index (χ0) is 15.3. The van der Waals surface area contributed by atoms with Crippen LogP contribution in [0.25, 0.3) is 0 Å². The van der Waals surface area contributed by atoms with Crippen LogP contribution in [0.5, 0.6) is 0 Å². The molecule has 0 unspecified atom stereocenters. The number of Topliss-reactive ketones (excluding diaryl/α,β-unsaturated/α-hetero) is 1. The molecule has 1 amide bonds. The number of hydrogen-bond donors (Lipinski definition) is 0. The van der Waals surface area contributed by atoms with E-state index in [1.54, 1.807) is 0 Å². The lowest BCUT2D eigenvalue weighted by molar-refractivity contribution is -0.134. The van der Waals surface area contributed by atoms with Gasteiger partial charge in [0.1, 0.15) is 0 Å². The Labute approximate surface area is 122 Å². The number of hydrogen-bond acceptors (Lipinski definition) is 2. The summed E-state index contributed by atoms with van der Waals surface area (Å²) in [6.45, 7) is 9.99. The van der Waals surface area contributed by atoms with E-state index < -0.39 is 0 Å². The molecule has 0 bridgehead atoms. The van der Waals surface area contributed by atoms with Gasteiger partial charge in [-0.25, -0.2) is 0 Å². The van der Waals surface area contributed by atoms with Crippen LogP contribution in [0.4, 0.5) is 0 Å². The Kier molecular flexibility index (Phi) is 5.93. The maximum Gasteiger partial charge on any atom is 0.223 e. The third-order valence-electron chi connectivity index (χ3n) is 3.34. The summed E-state index contributed by atoms with van der Waals surface area (Å²) in [6.07, 6.45) is 0.556. The topological polar surface area (TPSA) is 37.4 Å². The SMILES string of the molecule is Cc1ccc(C(=O)CCC(=O)N(C(C)C)C(C)C)cc1. The summed E-state index contributed by atoms with van der Waals surface area (Å²) in [5, 5.41) is 0. The number of nitrogens with zero attached hydrogens (tertiary/aromatic N) is 1. The molecular formula is C17H25NO2. The molecule has 0 aliphatic rings. The Hall–Kier alpha value is -1.64. The lowest BCUT2D eigenvalue weighted by Gasteiger charge is -2.30. The Morgan fingerprint density at radius 2 is 1.45 bits per heavy atom.